The van der Waals surface area contributed by atoms with Gasteiger partial charge in [-0.3, -0.25) is 14.9 Å². The van der Waals surface area contributed by atoms with Gasteiger partial charge in [-0.1, -0.05) is 0 Å². The summed E-state index contributed by atoms with van der Waals surface area (Å²) in [5.41, 5.74) is -0.386. The molecule has 0 unspecified atom stereocenters. The highest BCUT2D eigenvalue weighted by molar-refractivity contribution is 6.02. The maximum absolute atomic E-state index is 11.7. The van der Waals surface area contributed by atoms with Gasteiger partial charge in [-0.2, -0.15) is 4.98 Å². The molecule has 0 spiro atoms. The zero-order valence-corrected chi connectivity index (χ0v) is 9.56. The van der Waals surface area contributed by atoms with E-state index >= 15 is 0 Å². The largest absolute Gasteiger partial charge is 0.463 e. The number of pyridine rings is 1. The number of amides is 1. The number of hydrogen-bond acceptors (Lipinski definition) is 5. The van der Waals surface area contributed by atoms with Gasteiger partial charge in [0.25, 0.3) is 5.91 Å². The SMILES string of the molecule is CCOc1n[nH]c(NC(=O)c2c[nH]ccc2=O)n1. The number of nitrogens with zero attached hydrogens (tertiary/aromatic N) is 2. The van der Waals surface area contributed by atoms with Gasteiger partial charge in [-0.05, 0) is 6.92 Å². The molecule has 0 bridgehead atoms. The second-order valence-corrected chi connectivity index (χ2v) is 3.28. The first-order valence-corrected chi connectivity index (χ1v) is 5.24. The molecule has 2 rings (SSSR count). The Kier molecular flexibility index (Phi) is 3.37. The van der Waals surface area contributed by atoms with Crippen molar-refractivity contribution in [1.29, 1.82) is 0 Å². The lowest BCUT2D eigenvalue weighted by atomic mass is 10.2. The van der Waals surface area contributed by atoms with Crippen molar-refractivity contribution in [2.75, 3.05) is 11.9 Å². The third-order valence-corrected chi connectivity index (χ3v) is 2.04. The summed E-state index contributed by atoms with van der Waals surface area (Å²) in [6.45, 7) is 2.21. The number of carbonyl (C=O) groups excluding carboxylic acids is 1. The topological polar surface area (TPSA) is 113 Å². The second kappa shape index (κ2) is 5.13. The van der Waals surface area contributed by atoms with E-state index in [1.54, 1.807) is 6.92 Å². The van der Waals surface area contributed by atoms with Crippen LogP contribution in [0, 0.1) is 0 Å². The van der Waals surface area contributed by atoms with Crippen molar-refractivity contribution in [1.82, 2.24) is 20.2 Å². The van der Waals surface area contributed by atoms with Crippen molar-refractivity contribution in [2.24, 2.45) is 0 Å². The molecule has 1 amide bonds. The minimum absolute atomic E-state index is 0.00754. The van der Waals surface area contributed by atoms with Crippen LogP contribution in [0.5, 0.6) is 6.01 Å². The van der Waals surface area contributed by atoms with E-state index in [1.165, 1.54) is 18.5 Å². The number of aromatic nitrogens is 4. The molecule has 18 heavy (non-hydrogen) atoms. The first-order chi connectivity index (χ1) is 8.70. The molecule has 0 aliphatic rings. The molecule has 0 aromatic carbocycles. The molecule has 0 atom stereocenters. The third-order valence-electron chi connectivity index (χ3n) is 2.04. The van der Waals surface area contributed by atoms with Gasteiger partial charge in [0, 0.05) is 18.5 Å². The fourth-order valence-electron chi connectivity index (χ4n) is 1.26. The van der Waals surface area contributed by atoms with Gasteiger partial charge in [0.15, 0.2) is 5.43 Å². The Morgan fingerprint density at radius 1 is 1.56 bits per heavy atom. The highest BCUT2D eigenvalue weighted by Gasteiger charge is 2.12. The van der Waals surface area contributed by atoms with Crippen LogP contribution < -0.4 is 15.5 Å². The van der Waals surface area contributed by atoms with E-state index in [0.717, 1.165) is 0 Å². The number of carbonyl (C=O) groups is 1. The van der Waals surface area contributed by atoms with Crippen LogP contribution in [0.2, 0.25) is 0 Å². The summed E-state index contributed by atoms with van der Waals surface area (Å²) in [5.74, 6) is -0.456. The van der Waals surface area contributed by atoms with Gasteiger partial charge in [0.1, 0.15) is 5.56 Å². The second-order valence-electron chi connectivity index (χ2n) is 3.28. The number of ether oxygens (including phenoxy) is 1. The van der Waals surface area contributed by atoms with Gasteiger partial charge in [0.05, 0.1) is 6.61 Å². The number of nitrogens with one attached hydrogen (secondary N) is 3. The average molecular weight is 249 g/mol. The Balaban J connectivity index is 2.11. The summed E-state index contributed by atoms with van der Waals surface area (Å²) in [5, 5.41) is 8.61. The van der Waals surface area contributed by atoms with Gasteiger partial charge in [-0.25, -0.2) is 5.10 Å². The van der Waals surface area contributed by atoms with E-state index in [2.05, 4.69) is 25.5 Å². The highest BCUT2D eigenvalue weighted by atomic mass is 16.5. The van der Waals surface area contributed by atoms with Crippen molar-refractivity contribution in [3.8, 4) is 6.01 Å². The molecule has 94 valence electrons. The van der Waals surface area contributed by atoms with E-state index in [9.17, 15) is 9.59 Å². The maximum Gasteiger partial charge on any atom is 0.337 e. The molecule has 0 saturated heterocycles. The highest BCUT2D eigenvalue weighted by Crippen LogP contribution is 2.06. The first-order valence-electron chi connectivity index (χ1n) is 5.24. The summed E-state index contributed by atoms with van der Waals surface area (Å²) in [6, 6.07) is 1.40. The molecule has 0 fully saturated rings. The zero-order valence-electron chi connectivity index (χ0n) is 9.56. The van der Waals surface area contributed by atoms with Crippen LogP contribution in [0.1, 0.15) is 17.3 Å². The predicted octanol–water partition coefficient (Wildman–Crippen LogP) is 0.144. The molecule has 8 heteroatoms. The van der Waals surface area contributed by atoms with Crippen LogP contribution in [0.4, 0.5) is 5.95 Å². The standard InChI is InChI=1S/C10H11N5O3/c1-2-18-10-13-9(14-15-10)12-8(17)6-5-11-4-3-7(6)16/h3-5H,2H2,1H3,(H,11,16)(H2,12,13,14,15,17). The normalized spacial score (nSPS) is 10.1. The van der Waals surface area contributed by atoms with Gasteiger partial charge in [-0.15, -0.1) is 5.10 Å². The van der Waals surface area contributed by atoms with Crippen molar-refractivity contribution in [2.45, 2.75) is 6.92 Å². The van der Waals surface area contributed by atoms with E-state index in [4.69, 9.17) is 4.74 Å². The fourth-order valence-corrected chi connectivity index (χ4v) is 1.26. The third kappa shape index (κ3) is 2.54. The smallest absolute Gasteiger partial charge is 0.337 e. The van der Waals surface area contributed by atoms with Crippen LogP contribution in [0.3, 0.4) is 0 Å². The van der Waals surface area contributed by atoms with Crippen molar-refractivity contribution >= 4 is 11.9 Å². The minimum Gasteiger partial charge on any atom is -0.463 e. The number of anilines is 1. The molecule has 2 heterocycles. The van der Waals surface area contributed by atoms with Crippen molar-refractivity contribution < 1.29 is 9.53 Å². The molecule has 0 aliphatic heterocycles. The Morgan fingerprint density at radius 2 is 2.39 bits per heavy atom. The van der Waals surface area contributed by atoms with Crippen molar-refractivity contribution in [3.05, 3.63) is 34.2 Å². The Hall–Kier alpha value is -2.64. The number of H-pyrrole nitrogens is 2. The van der Waals surface area contributed by atoms with Crippen LogP contribution in [0.25, 0.3) is 0 Å². The van der Waals surface area contributed by atoms with E-state index in [0.29, 0.717) is 6.61 Å². The van der Waals surface area contributed by atoms with Crippen LogP contribution in [0.15, 0.2) is 23.3 Å². The molecule has 0 aliphatic carbocycles. The quantitative estimate of drug-likeness (QED) is 0.713. The fraction of sp³-hybridized carbons (Fsp3) is 0.200. The molecule has 0 radical (unpaired) electrons. The monoisotopic (exact) mass is 249 g/mol. The molecule has 8 nitrogen and oxygen atoms in total. The van der Waals surface area contributed by atoms with Crippen LogP contribution in [-0.4, -0.2) is 32.7 Å². The molecular formula is C10H11N5O3. The summed E-state index contributed by atoms with van der Waals surface area (Å²) in [7, 11) is 0. The Morgan fingerprint density at radius 3 is 3.11 bits per heavy atom. The molecule has 0 saturated carbocycles. The molecule has 2 aromatic rings. The first kappa shape index (κ1) is 11.8. The number of aromatic amines is 2. The predicted molar refractivity (Wildman–Crippen MR) is 62.6 cm³/mol. The van der Waals surface area contributed by atoms with E-state index < -0.39 is 5.91 Å². The van der Waals surface area contributed by atoms with Gasteiger partial charge < -0.3 is 9.72 Å². The number of hydrogen-bond donors (Lipinski definition) is 3. The van der Waals surface area contributed by atoms with Gasteiger partial charge in [0.2, 0.25) is 5.95 Å². The summed E-state index contributed by atoms with van der Waals surface area (Å²) >= 11 is 0. The average Bonchev–Trinajstić information content (AvgIpc) is 2.77. The Bertz CT molecular complexity index is 603. The molecule has 3 N–H and O–H groups in total. The lowest BCUT2D eigenvalue weighted by molar-refractivity contribution is 0.102. The van der Waals surface area contributed by atoms with Gasteiger partial charge >= 0.3 is 6.01 Å². The lowest BCUT2D eigenvalue weighted by Crippen LogP contribution is -2.21. The zero-order chi connectivity index (χ0) is 13.0. The van der Waals surface area contributed by atoms with E-state index in [1.807, 2.05) is 0 Å². The summed E-state index contributed by atoms with van der Waals surface area (Å²) in [6.07, 6.45) is 2.76. The lowest BCUT2D eigenvalue weighted by Gasteiger charge is -1.99. The van der Waals surface area contributed by atoms with Crippen molar-refractivity contribution in [3.63, 3.8) is 0 Å². The molecular weight excluding hydrogens is 238 g/mol. The van der Waals surface area contributed by atoms with E-state index in [-0.39, 0.29) is 23.0 Å². The maximum atomic E-state index is 11.7. The number of rotatable bonds is 4. The van der Waals surface area contributed by atoms with Crippen LogP contribution >= 0.6 is 0 Å². The summed E-state index contributed by atoms with van der Waals surface area (Å²) in [4.78, 5) is 29.7. The van der Waals surface area contributed by atoms with Crippen LogP contribution in [-0.2, 0) is 0 Å². The Labute approximate surface area is 101 Å². The minimum atomic E-state index is -0.573. The summed E-state index contributed by atoms with van der Waals surface area (Å²) < 4.78 is 5.02. The molecule has 2 aromatic heterocycles.